The van der Waals surface area contributed by atoms with Gasteiger partial charge in [-0.25, -0.2) is 8.78 Å². The Morgan fingerprint density at radius 3 is 2.29 bits per heavy atom. The van der Waals surface area contributed by atoms with Crippen molar-refractivity contribution in [1.82, 2.24) is 4.90 Å². The van der Waals surface area contributed by atoms with Crippen LogP contribution in [-0.4, -0.2) is 38.1 Å². The van der Waals surface area contributed by atoms with Gasteiger partial charge < -0.3 is 9.80 Å². The molecule has 0 aliphatic carbocycles. The normalized spacial score (nSPS) is 21.5. The summed E-state index contributed by atoms with van der Waals surface area (Å²) in [5, 5.41) is 0. The number of nitrogens with zero attached hydrogens (tertiary/aromatic N) is 2. The first kappa shape index (κ1) is 23.5. The van der Waals surface area contributed by atoms with Gasteiger partial charge in [-0.1, -0.05) is 51.1 Å². The van der Waals surface area contributed by atoms with E-state index in [0.29, 0.717) is 11.6 Å². The number of likely N-dealkylation sites (N-methyl/N-ethyl adjacent to an activating group) is 1. The van der Waals surface area contributed by atoms with E-state index in [2.05, 4.69) is 68.0 Å². The Hall–Kier alpha value is -2.20. The van der Waals surface area contributed by atoms with Crippen LogP contribution >= 0.6 is 0 Å². The molecule has 0 spiro atoms. The van der Waals surface area contributed by atoms with Gasteiger partial charge in [-0.05, 0) is 73.5 Å². The summed E-state index contributed by atoms with van der Waals surface area (Å²) in [7, 11) is 2.18. The minimum absolute atomic E-state index is 0.264. The van der Waals surface area contributed by atoms with E-state index in [9.17, 15) is 8.78 Å². The third kappa shape index (κ3) is 6.64. The number of hydrogen-bond acceptors (Lipinski definition) is 2. The highest BCUT2D eigenvalue weighted by Crippen LogP contribution is 2.31. The lowest BCUT2D eigenvalue weighted by molar-refractivity contribution is 0.339. The van der Waals surface area contributed by atoms with E-state index in [1.807, 2.05) is 0 Å². The molecule has 2 unspecified atom stereocenters. The zero-order chi connectivity index (χ0) is 22.4. The van der Waals surface area contributed by atoms with Crippen LogP contribution < -0.4 is 4.90 Å². The number of benzene rings is 2. The van der Waals surface area contributed by atoms with Crippen molar-refractivity contribution in [3.63, 3.8) is 0 Å². The quantitative estimate of drug-likeness (QED) is 0.504. The number of halogens is 2. The van der Waals surface area contributed by atoms with Gasteiger partial charge in [0.05, 0.1) is 0 Å². The second-order valence-corrected chi connectivity index (χ2v) is 9.18. The highest BCUT2D eigenvalue weighted by atomic mass is 19.1. The van der Waals surface area contributed by atoms with E-state index < -0.39 is 11.6 Å². The standard InChI is InChI=1S/C27H36F2N2/c1-5-13-30(4)14-12-22-7-9-23(10-8-22)27-11-6-20(2)18-31(19-21(27)3)26-16-24(28)15-25(29)17-26/h7-11,15-17,20-21H,5-6,12-14,18-19H2,1-4H3/b27-11+. The summed E-state index contributed by atoms with van der Waals surface area (Å²) in [5.74, 6) is -0.371. The molecule has 0 saturated heterocycles. The fourth-order valence-electron chi connectivity index (χ4n) is 4.50. The second kappa shape index (κ2) is 10.9. The molecule has 0 radical (unpaired) electrons. The van der Waals surface area contributed by atoms with Crippen LogP contribution in [0, 0.1) is 23.5 Å². The summed E-state index contributed by atoms with van der Waals surface area (Å²) in [6.07, 6.45) is 5.56. The van der Waals surface area contributed by atoms with Crippen molar-refractivity contribution < 1.29 is 8.78 Å². The van der Waals surface area contributed by atoms with Crippen LogP contribution in [0.25, 0.3) is 5.57 Å². The first-order valence-electron chi connectivity index (χ1n) is 11.5. The number of hydrogen-bond donors (Lipinski definition) is 0. The highest BCUT2D eigenvalue weighted by Gasteiger charge is 2.21. The maximum atomic E-state index is 13.8. The molecule has 2 atom stereocenters. The van der Waals surface area contributed by atoms with E-state index in [1.54, 1.807) is 0 Å². The zero-order valence-electron chi connectivity index (χ0n) is 19.4. The monoisotopic (exact) mass is 426 g/mol. The van der Waals surface area contributed by atoms with Gasteiger partial charge in [-0.3, -0.25) is 0 Å². The Bertz CT molecular complexity index is 855. The SMILES string of the molecule is CCCN(C)CCc1ccc(/C2=C/CC(C)CN(c3cc(F)cc(F)c3)CC2C)cc1. The van der Waals surface area contributed by atoms with Gasteiger partial charge in [-0.15, -0.1) is 0 Å². The molecule has 3 rings (SSSR count). The number of allylic oxidation sites excluding steroid dienone is 1. The van der Waals surface area contributed by atoms with Gasteiger partial charge >= 0.3 is 0 Å². The molecule has 1 heterocycles. The number of anilines is 1. The van der Waals surface area contributed by atoms with Crippen LogP contribution in [0.1, 0.15) is 44.7 Å². The zero-order valence-corrected chi connectivity index (χ0v) is 19.4. The highest BCUT2D eigenvalue weighted by molar-refractivity contribution is 5.68. The van der Waals surface area contributed by atoms with Crippen LogP contribution in [0.4, 0.5) is 14.5 Å². The summed E-state index contributed by atoms with van der Waals surface area (Å²) in [5.41, 5.74) is 4.56. The lowest BCUT2D eigenvalue weighted by Gasteiger charge is -2.33. The minimum atomic E-state index is -0.520. The molecule has 2 nitrogen and oxygen atoms in total. The molecule has 4 heteroatoms. The van der Waals surface area contributed by atoms with Crippen molar-refractivity contribution in [3.05, 3.63) is 71.3 Å². The summed E-state index contributed by atoms with van der Waals surface area (Å²) in [6.45, 7) is 10.3. The van der Waals surface area contributed by atoms with E-state index in [1.165, 1.54) is 35.3 Å². The van der Waals surface area contributed by atoms with Gasteiger partial charge in [0.2, 0.25) is 0 Å². The molecular weight excluding hydrogens is 390 g/mol. The summed E-state index contributed by atoms with van der Waals surface area (Å²) in [6, 6.07) is 12.8. The molecule has 0 fully saturated rings. The molecular formula is C27H36F2N2. The van der Waals surface area contributed by atoms with E-state index in [4.69, 9.17) is 0 Å². The molecule has 0 aromatic heterocycles. The molecule has 0 amide bonds. The smallest absolute Gasteiger partial charge is 0.128 e. The second-order valence-electron chi connectivity index (χ2n) is 9.18. The Morgan fingerprint density at radius 1 is 0.968 bits per heavy atom. The van der Waals surface area contributed by atoms with Crippen LogP contribution in [0.3, 0.4) is 0 Å². The van der Waals surface area contributed by atoms with Gasteiger partial charge in [0.15, 0.2) is 0 Å². The summed E-state index contributed by atoms with van der Waals surface area (Å²) in [4.78, 5) is 4.50. The Balaban J connectivity index is 1.74. The molecule has 0 saturated carbocycles. The van der Waals surface area contributed by atoms with Crippen LogP contribution in [-0.2, 0) is 6.42 Å². The molecule has 1 aliphatic rings. The van der Waals surface area contributed by atoms with Crippen molar-refractivity contribution in [1.29, 1.82) is 0 Å². The van der Waals surface area contributed by atoms with Crippen molar-refractivity contribution >= 4 is 11.3 Å². The van der Waals surface area contributed by atoms with Crippen molar-refractivity contribution in [3.8, 4) is 0 Å². The molecule has 2 aromatic carbocycles. The van der Waals surface area contributed by atoms with E-state index >= 15 is 0 Å². The van der Waals surface area contributed by atoms with Crippen molar-refractivity contribution in [2.24, 2.45) is 11.8 Å². The fourth-order valence-corrected chi connectivity index (χ4v) is 4.50. The molecule has 0 N–H and O–H groups in total. The topological polar surface area (TPSA) is 6.48 Å². The largest absolute Gasteiger partial charge is 0.370 e. The molecule has 31 heavy (non-hydrogen) atoms. The third-order valence-electron chi connectivity index (χ3n) is 6.18. The maximum Gasteiger partial charge on any atom is 0.128 e. The fraction of sp³-hybridized carbons (Fsp3) is 0.481. The molecule has 1 aliphatic heterocycles. The van der Waals surface area contributed by atoms with Gasteiger partial charge in [0, 0.05) is 31.4 Å². The Morgan fingerprint density at radius 2 is 1.65 bits per heavy atom. The van der Waals surface area contributed by atoms with Crippen LogP contribution in [0.15, 0.2) is 48.5 Å². The summed E-state index contributed by atoms with van der Waals surface area (Å²) >= 11 is 0. The predicted molar refractivity (Wildman–Crippen MR) is 127 cm³/mol. The minimum Gasteiger partial charge on any atom is -0.370 e. The average Bonchev–Trinajstić information content (AvgIpc) is 2.71. The van der Waals surface area contributed by atoms with Crippen LogP contribution in [0.5, 0.6) is 0 Å². The predicted octanol–water partition coefficient (Wildman–Crippen LogP) is 6.42. The number of rotatable bonds is 7. The van der Waals surface area contributed by atoms with Crippen molar-refractivity contribution in [2.75, 3.05) is 38.1 Å². The van der Waals surface area contributed by atoms with Crippen molar-refractivity contribution in [2.45, 2.75) is 40.0 Å². The molecule has 0 bridgehead atoms. The average molecular weight is 427 g/mol. The Labute approximate surface area is 186 Å². The maximum absolute atomic E-state index is 13.8. The van der Waals surface area contributed by atoms with Gasteiger partial charge in [-0.2, -0.15) is 0 Å². The van der Waals surface area contributed by atoms with Gasteiger partial charge in [0.25, 0.3) is 0 Å². The van der Waals surface area contributed by atoms with Gasteiger partial charge in [0.1, 0.15) is 11.6 Å². The van der Waals surface area contributed by atoms with E-state index in [0.717, 1.165) is 45.1 Å². The lowest BCUT2D eigenvalue weighted by Crippen LogP contribution is -2.34. The lowest BCUT2D eigenvalue weighted by atomic mass is 9.88. The summed E-state index contributed by atoms with van der Waals surface area (Å²) < 4.78 is 27.6. The van der Waals surface area contributed by atoms with E-state index in [-0.39, 0.29) is 5.92 Å². The first-order valence-corrected chi connectivity index (χ1v) is 11.5. The third-order valence-corrected chi connectivity index (χ3v) is 6.18. The molecule has 2 aromatic rings. The van der Waals surface area contributed by atoms with Crippen LogP contribution in [0.2, 0.25) is 0 Å². The molecule has 168 valence electrons. The Kier molecular flexibility index (Phi) is 8.25. The first-order chi connectivity index (χ1) is 14.9.